The molecule has 2 heterocycles. The summed E-state index contributed by atoms with van der Waals surface area (Å²) in [7, 11) is 1.83. The van der Waals surface area contributed by atoms with Gasteiger partial charge in [-0.1, -0.05) is 30.3 Å². The second-order valence-electron chi connectivity index (χ2n) is 6.50. The number of amides is 2. The van der Waals surface area contributed by atoms with E-state index in [0.717, 1.165) is 25.9 Å². The number of urea groups is 1. The molecule has 0 spiro atoms. The first kappa shape index (κ1) is 16.5. The van der Waals surface area contributed by atoms with Crippen LogP contribution in [0.5, 0.6) is 0 Å². The topological polar surface area (TPSA) is 62.2 Å². The summed E-state index contributed by atoms with van der Waals surface area (Å²) in [4.78, 5) is 14.6. The van der Waals surface area contributed by atoms with Crippen molar-refractivity contribution in [2.45, 2.75) is 38.4 Å². The Balaban J connectivity index is 1.47. The van der Waals surface area contributed by atoms with Gasteiger partial charge in [-0.3, -0.25) is 14.9 Å². The highest BCUT2D eigenvalue weighted by molar-refractivity contribution is 5.88. The number of carbonyl (C=O) groups is 1. The molecule has 6 nitrogen and oxygen atoms in total. The molecule has 2 N–H and O–H groups in total. The molecule has 0 aliphatic carbocycles. The highest BCUT2D eigenvalue weighted by Crippen LogP contribution is 2.20. The number of carbonyl (C=O) groups excluding carboxylic acids is 1. The minimum Gasteiger partial charge on any atom is -0.335 e. The van der Waals surface area contributed by atoms with Crippen LogP contribution in [-0.2, 0) is 13.6 Å². The zero-order valence-corrected chi connectivity index (χ0v) is 14.3. The van der Waals surface area contributed by atoms with Crippen LogP contribution in [0.25, 0.3) is 0 Å². The molecule has 1 aliphatic rings. The van der Waals surface area contributed by atoms with Crippen LogP contribution in [0.1, 0.15) is 25.3 Å². The summed E-state index contributed by atoms with van der Waals surface area (Å²) in [6.45, 7) is 4.19. The minimum atomic E-state index is -0.178. The van der Waals surface area contributed by atoms with Gasteiger partial charge in [-0.05, 0) is 25.3 Å². The molecule has 1 saturated heterocycles. The molecule has 0 unspecified atom stereocenters. The Bertz CT molecular complexity index is 669. The average molecular weight is 327 g/mol. The number of anilines is 1. The minimum absolute atomic E-state index is 0.178. The van der Waals surface area contributed by atoms with Crippen molar-refractivity contribution in [3.05, 3.63) is 48.2 Å². The van der Waals surface area contributed by atoms with Gasteiger partial charge in [-0.15, -0.1) is 0 Å². The lowest BCUT2D eigenvalue weighted by Crippen LogP contribution is -2.49. The Labute approximate surface area is 142 Å². The standard InChI is InChI=1S/C18H25N5O/c1-14-12-16(19-18(24)20-17-9-10-22(2)21-17)8-11-23(14)13-15-6-4-3-5-7-15/h3-7,9-10,14,16H,8,11-13H2,1-2H3,(H2,19,20,21,24)/t14-,16+/m0/s1. The van der Waals surface area contributed by atoms with Crippen molar-refractivity contribution >= 4 is 11.8 Å². The molecule has 1 fully saturated rings. The molecule has 24 heavy (non-hydrogen) atoms. The van der Waals surface area contributed by atoms with Crippen molar-refractivity contribution in [1.29, 1.82) is 0 Å². The molecular weight excluding hydrogens is 302 g/mol. The molecule has 1 aromatic carbocycles. The predicted molar refractivity (Wildman–Crippen MR) is 94.7 cm³/mol. The number of aryl methyl sites for hydroxylation is 1. The molecule has 3 rings (SSSR count). The van der Waals surface area contributed by atoms with E-state index in [9.17, 15) is 4.79 Å². The number of likely N-dealkylation sites (tertiary alicyclic amines) is 1. The van der Waals surface area contributed by atoms with Crippen LogP contribution in [0.2, 0.25) is 0 Å². The molecule has 1 aliphatic heterocycles. The van der Waals surface area contributed by atoms with Crippen molar-refractivity contribution < 1.29 is 4.79 Å². The van der Waals surface area contributed by atoms with Crippen molar-refractivity contribution in [3.63, 3.8) is 0 Å². The van der Waals surface area contributed by atoms with Crippen molar-refractivity contribution in [3.8, 4) is 0 Å². The Hall–Kier alpha value is -2.34. The summed E-state index contributed by atoms with van der Waals surface area (Å²) in [5, 5.41) is 10.00. The molecule has 6 heteroatoms. The third-order valence-corrected chi connectivity index (χ3v) is 4.53. The molecule has 1 aromatic heterocycles. The highest BCUT2D eigenvalue weighted by Gasteiger charge is 2.26. The molecule has 128 valence electrons. The Morgan fingerprint density at radius 1 is 1.29 bits per heavy atom. The van der Waals surface area contributed by atoms with Crippen molar-refractivity contribution in [1.82, 2.24) is 20.0 Å². The number of piperidine rings is 1. The van der Waals surface area contributed by atoms with Crippen LogP contribution in [0.15, 0.2) is 42.6 Å². The summed E-state index contributed by atoms with van der Waals surface area (Å²) in [6, 6.07) is 12.8. The zero-order valence-electron chi connectivity index (χ0n) is 14.3. The summed E-state index contributed by atoms with van der Waals surface area (Å²) in [6.07, 6.45) is 3.73. The first-order valence-corrected chi connectivity index (χ1v) is 8.45. The fourth-order valence-corrected chi connectivity index (χ4v) is 3.22. The highest BCUT2D eigenvalue weighted by atomic mass is 16.2. The maximum absolute atomic E-state index is 12.1. The van der Waals surface area contributed by atoms with Gasteiger partial charge < -0.3 is 5.32 Å². The summed E-state index contributed by atoms with van der Waals surface area (Å²) >= 11 is 0. The lowest BCUT2D eigenvalue weighted by Gasteiger charge is -2.38. The number of rotatable bonds is 4. The number of benzene rings is 1. The fraction of sp³-hybridized carbons (Fsp3) is 0.444. The Kier molecular flexibility index (Phi) is 5.15. The Morgan fingerprint density at radius 2 is 2.08 bits per heavy atom. The van der Waals surface area contributed by atoms with Crippen LogP contribution in [0.4, 0.5) is 10.6 Å². The van der Waals surface area contributed by atoms with Gasteiger partial charge in [0.25, 0.3) is 0 Å². The van der Waals surface area contributed by atoms with Gasteiger partial charge in [-0.25, -0.2) is 4.79 Å². The molecule has 2 aromatic rings. The van der Waals surface area contributed by atoms with Gasteiger partial charge in [0.2, 0.25) is 0 Å². The van der Waals surface area contributed by atoms with E-state index in [0.29, 0.717) is 11.9 Å². The number of nitrogens with zero attached hydrogens (tertiary/aromatic N) is 3. The number of nitrogens with one attached hydrogen (secondary N) is 2. The largest absolute Gasteiger partial charge is 0.335 e. The van der Waals surface area contributed by atoms with Gasteiger partial charge in [0, 0.05) is 44.5 Å². The van der Waals surface area contributed by atoms with E-state index < -0.39 is 0 Å². The third-order valence-electron chi connectivity index (χ3n) is 4.53. The van der Waals surface area contributed by atoms with Gasteiger partial charge in [-0.2, -0.15) is 5.10 Å². The molecule has 0 saturated carbocycles. The van der Waals surface area contributed by atoms with Gasteiger partial charge in [0.15, 0.2) is 5.82 Å². The lowest BCUT2D eigenvalue weighted by atomic mass is 9.97. The molecule has 2 atom stereocenters. The van der Waals surface area contributed by atoms with E-state index in [1.54, 1.807) is 16.9 Å². The second kappa shape index (κ2) is 7.49. The maximum atomic E-state index is 12.1. The third kappa shape index (κ3) is 4.35. The molecule has 0 bridgehead atoms. The number of aromatic nitrogens is 2. The van der Waals surface area contributed by atoms with Crippen LogP contribution in [0, 0.1) is 0 Å². The van der Waals surface area contributed by atoms with E-state index in [-0.39, 0.29) is 12.1 Å². The van der Waals surface area contributed by atoms with E-state index in [2.05, 4.69) is 51.8 Å². The maximum Gasteiger partial charge on any atom is 0.320 e. The summed E-state index contributed by atoms with van der Waals surface area (Å²) in [5.74, 6) is 0.574. The summed E-state index contributed by atoms with van der Waals surface area (Å²) < 4.78 is 1.67. The fourth-order valence-electron chi connectivity index (χ4n) is 3.22. The lowest BCUT2D eigenvalue weighted by molar-refractivity contribution is 0.131. The Morgan fingerprint density at radius 3 is 2.75 bits per heavy atom. The van der Waals surface area contributed by atoms with Crippen molar-refractivity contribution in [2.75, 3.05) is 11.9 Å². The van der Waals surface area contributed by atoms with Crippen LogP contribution >= 0.6 is 0 Å². The SMILES string of the molecule is C[C@H]1C[C@H](NC(=O)Nc2ccn(C)n2)CCN1Cc1ccccc1. The number of hydrogen-bond acceptors (Lipinski definition) is 3. The molecular formula is C18H25N5O. The monoisotopic (exact) mass is 327 g/mol. The second-order valence-corrected chi connectivity index (χ2v) is 6.50. The average Bonchev–Trinajstić information content (AvgIpc) is 2.96. The molecule has 0 radical (unpaired) electrons. The van der Waals surface area contributed by atoms with Crippen LogP contribution < -0.4 is 10.6 Å². The van der Waals surface area contributed by atoms with Gasteiger partial charge >= 0.3 is 6.03 Å². The molecule has 2 amide bonds. The van der Waals surface area contributed by atoms with E-state index in [1.807, 2.05) is 13.1 Å². The quantitative estimate of drug-likeness (QED) is 0.907. The predicted octanol–water partition coefficient (Wildman–Crippen LogP) is 2.59. The normalized spacial score (nSPS) is 21.4. The van der Waals surface area contributed by atoms with Gasteiger partial charge in [0.05, 0.1) is 0 Å². The number of hydrogen-bond donors (Lipinski definition) is 2. The smallest absolute Gasteiger partial charge is 0.320 e. The van der Waals surface area contributed by atoms with E-state index in [4.69, 9.17) is 0 Å². The summed E-state index contributed by atoms with van der Waals surface area (Å²) in [5.41, 5.74) is 1.34. The van der Waals surface area contributed by atoms with Crippen LogP contribution in [0.3, 0.4) is 0 Å². The van der Waals surface area contributed by atoms with E-state index in [1.165, 1.54) is 5.56 Å². The first-order chi connectivity index (χ1) is 11.6. The zero-order chi connectivity index (χ0) is 16.9. The van der Waals surface area contributed by atoms with Crippen molar-refractivity contribution in [2.24, 2.45) is 7.05 Å². The van der Waals surface area contributed by atoms with E-state index >= 15 is 0 Å². The van der Waals surface area contributed by atoms with Crippen LogP contribution in [-0.4, -0.2) is 39.3 Å². The van der Waals surface area contributed by atoms with Gasteiger partial charge in [0.1, 0.15) is 0 Å². The first-order valence-electron chi connectivity index (χ1n) is 8.45.